The van der Waals surface area contributed by atoms with Gasteiger partial charge in [-0.2, -0.15) is 5.26 Å². The van der Waals surface area contributed by atoms with Crippen LogP contribution in [-0.2, 0) is 4.79 Å². The molecular formula is C16H22N2O2. The summed E-state index contributed by atoms with van der Waals surface area (Å²) in [5, 5.41) is 21.5. The summed E-state index contributed by atoms with van der Waals surface area (Å²) in [5.41, 5.74) is 2.23. The molecule has 0 spiro atoms. The summed E-state index contributed by atoms with van der Waals surface area (Å²) in [7, 11) is 0. The second-order valence-corrected chi connectivity index (χ2v) is 6.34. The SMILES string of the molecule is Cc1ccc(C#N)c(NCC(CC(C)(C)C)C(=O)O)c1. The Morgan fingerprint density at radius 1 is 1.45 bits per heavy atom. The van der Waals surface area contributed by atoms with Crippen LogP contribution in [0.15, 0.2) is 18.2 Å². The number of hydrogen-bond donors (Lipinski definition) is 2. The summed E-state index contributed by atoms with van der Waals surface area (Å²) in [6.45, 7) is 8.34. The maximum absolute atomic E-state index is 11.3. The highest BCUT2D eigenvalue weighted by atomic mass is 16.4. The number of nitriles is 1. The topological polar surface area (TPSA) is 73.1 Å². The van der Waals surface area contributed by atoms with E-state index in [1.54, 1.807) is 6.07 Å². The van der Waals surface area contributed by atoms with Gasteiger partial charge in [0.15, 0.2) is 0 Å². The first kappa shape index (κ1) is 16.0. The van der Waals surface area contributed by atoms with Crippen LogP contribution in [0.1, 0.15) is 38.3 Å². The molecule has 1 atom stereocenters. The first-order chi connectivity index (χ1) is 9.23. The third-order valence-corrected chi connectivity index (χ3v) is 3.04. The quantitative estimate of drug-likeness (QED) is 0.863. The normalized spacial score (nSPS) is 12.6. The third-order valence-electron chi connectivity index (χ3n) is 3.04. The monoisotopic (exact) mass is 274 g/mol. The Morgan fingerprint density at radius 3 is 2.60 bits per heavy atom. The molecule has 0 saturated carbocycles. The van der Waals surface area contributed by atoms with Crippen LogP contribution in [0.4, 0.5) is 5.69 Å². The van der Waals surface area contributed by atoms with E-state index in [0.29, 0.717) is 24.2 Å². The van der Waals surface area contributed by atoms with Crippen molar-refractivity contribution in [2.75, 3.05) is 11.9 Å². The van der Waals surface area contributed by atoms with Gasteiger partial charge in [-0.05, 0) is 36.5 Å². The molecule has 1 rings (SSSR count). The van der Waals surface area contributed by atoms with Crippen molar-refractivity contribution in [2.45, 2.75) is 34.1 Å². The van der Waals surface area contributed by atoms with Crippen LogP contribution in [-0.4, -0.2) is 17.6 Å². The molecule has 0 aliphatic carbocycles. The molecule has 0 aromatic heterocycles. The van der Waals surface area contributed by atoms with Crippen molar-refractivity contribution in [3.63, 3.8) is 0 Å². The molecule has 0 radical (unpaired) electrons. The van der Waals surface area contributed by atoms with E-state index in [1.807, 2.05) is 39.8 Å². The molecule has 1 aromatic carbocycles. The molecule has 20 heavy (non-hydrogen) atoms. The molecule has 0 heterocycles. The zero-order valence-electron chi connectivity index (χ0n) is 12.5. The zero-order valence-corrected chi connectivity index (χ0v) is 12.5. The minimum Gasteiger partial charge on any atom is -0.481 e. The van der Waals surface area contributed by atoms with E-state index < -0.39 is 11.9 Å². The minimum absolute atomic E-state index is 0.0462. The number of nitrogens with one attached hydrogen (secondary N) is 1. The lowest BCUT2D eigenvalue weighted by Gasteiger charge is -2.24. The lowest BCUT2D eigenvalue weighted by molar-refractivity contribution is -0.142. The number of carboxylic acid groups (broad SMARTS) is 1. The van der Waals surface area contributed by atoms with E-state index in [9.17, 15) is 9.90 Å². The molecule has 4 heteroatoms. The molecule has 0 fully saturated rings. The zero-order chi connectivity index (χ0) is 15.3. The number of aryl methyl sites for hydroxylation is 1. The van der Waals surface area contributed by atoms with Crippen LogP contribution < -0.4 is 5.32 Å². The number of anilines is 1. The highest BCUT2D eigenvalue weighted by Crippen LogP contribution is 2.25. The standard InChI is InChI=1S/C16H22N2O2/c1-11-5-6-12(9-17)14(7-11)18-10-13(15(19)20)8-16(2,3)4/h5-7,13,18H,8,10H2,1-4H3,(H,19,20). The van der Waals surface area contributed by atoms with Crippen molar-refractivity contribution >= 4 is 11.7 Å². The average molecular weight is 274 g/mol. The van der Waals surface area contributed by atoms with Gasteiger partial charge in [0, 0.05) is 6.54 Å². The Balaban J connectivity index is 2.81. The molecule has 108 valence electrons. The van der Waals surface area contributed by atoms with Gasteiger partial charge in [0.25, 0.3) is 0 Å². The van der Waals surface area contributed by atoms with Gasteiger partial charge < -0.3 is 10.4 Å². The molecule has 2 N–H and O–H groups in total. The summed E-state index contributed by atoms with van der Waals surface area (Å²) in [6.07, 6.45) is 0.586. The van der Waals surface area contributed by atoms with Gasteiger partial charge in [-0.15, -0.1) is 0 Å². The van der Waals surface area contributed by atoms with Crippen LogP contribution in [0.2, 0.25) is 0 Å². The van der Waals surface area contributed by atoms with Gasteiger partial charge in [0.05, 0.1) is 17.2 Å². The molecule has 1 unspecified atom stereocenters. The van der Waals surface area contributed by atoms with Gasteiger partial charge in [-0.3, -0.25) is 4.79 Å². The van der Waals surface area contributed by atoms with Crippen LogP contribution in [0.5, 0.6) is 0 Å². The van der Waals surface area contributed by atoms with Crippen molar-refractivity contribution in [1.82, 2.24) is 0 Å². The van der Waals surface area contributed by atoms with Crippen LogP contribution in [0.25, 0.3) is 0 Å². The fraction of sp³-hybridized carbons (Fsp3) is 0.500. The van der Waals surface area contributed by atoms with Gasteiger partial charge >= 0.3 is 5.97 Å². The predicted octanol–water partition coefficient (Wildman–Crippen LogP) is 3.42. The molecule has 1 aromatic rings. The van der Waals surface area contributed by atoms with Gasteiger partial charge in [0.1, 0.15) is 6.07 Å². The Kier molecular flexibility index (Phi) is 5.15. The number of carboxylic acids is 1. The molecule has 0 aliphatic rings. The number of hydrogen-bond acceptors (Lipinski definition) is 3. The lowest BCUT2D eigenvalue weighted by Crippen LogP contribution is -2.27. The summed E-state index contributed by atoms with van der Waals surface area (Å²) in [6, 6.07) is 7.60. The fourth-order valence-electron chi connectivity index (χ4n) is 2.12. The van der Waals surface area contributed by atoms with Crippen molar-refractivity contribution in [3.05, 3.63) is 29.3 Å². The Morgan fingerprint density at radius 2 is 2.10 bits per heavy atom. The predicted molar refractivity (Wildman–Crippen MR) is 79.6 cm³/mol. The number of rotatable bonds is 5. The van der Waals surface area contributed by atoms with E-state index in [0.717, 1.165) is 5.56 Å². The van der Waals surface area contributed by atoms with Crippen molar-refractivity contribution in [1.29, 1.82) is 5.26 Å². The maximum Gasteiger partial charge on any atom is 0.308 e. The highest BCUT2D eigenvalue weighted by molar-refractivity contribution is 5.71. The van der Waals surface area contributed by atoms with E-state index >= 15 is 0 Å². The van der Waals surface area contributed by atoms with Gasteiger partial charge in [0.2, 0.25) is 0 Å². The van der Waals surface area contributed by atoms with E-state index in [2.05, 4.69) is 11.4 Å². The van der Waals surface area contributed by atoms with Crippen LogP contribution in [0, 0.1) is 29.6 Å². The summed E-state index contributed by atoms with van der Waals surface area (Å²) < 4.78 is 0. The second-order valence-electron chi connectivity index (χ2n) is 6.34. The van der Waals surface area contributed by atoms with Crippen molar-refractivity contribution in [2.24, 2.45) is 11.3 Å². The highest BCUT2D eigenvalue weighted by Gasteiger charge is 2.24. The lowest BCUT2D eigenvalue weighted by atomic mass is 9.84. The van der Waals surface area contributed by atoms with E-state index in [1.165, 1.54) is 0 Å². The Bertz CT molecular complexity index is 524. The molecular weight excluding hydrogens is 252 g/mol. The van der Waals surface area contributed by atoms with Gasteiger partial charge in [-0.25, -0.2) is 0 Å². The summed E-state index contributed by atoms with van der Waals surface area (Å²) >= 11 is 0. The summed E-state index contributed by atoms with van der Waals surface area (Å²) in [4.78, 5) is 11.3. The van der Waals surface area contributed by atoms with Gasteiger partial charge in [-0.1, -0.05) is 26.8 Å². The Labute approximate surface area is 120 Å². The van der Waals surface area contributed by atoms with Crippen molar-refractivity contribution in [3.8, 4) is 6.07 Å². The van der Waals surface area contributed by atoms with Crippen LogP contribution >= 0.6 is 0 Å². The molecule has 0 bridgehead atoms. The molecule has 4 nitrogen and oxygen atoms in total. The molecule has 0 aliphatic heterocycles. The number of nitrogens with zero attached hydrogens (tertiary/aromatic N) is 1. The van der Waals surface area contributed by atoms with E-state index in [4.69, 9.17) is 5.26 Å². The Hall–Kier alpha value is -2.02. The smallest absolute Gasteiger partial charge is 0.308 e. The average Bonchev–Trinajstić information content (AvgIpc) is 2.33. The number of aliphatic carboxylic acids is 1. The first-order valence-electron chi connectivity index (χ1n) is 6.70. The number of benzene rings is 1. The number of carbonyl (C=O) groups is 1. The largest absolute Gasteiger partial charge is 0.481 e. The maximum atomic E-state index is 11.3. The van der Waals surface area contributed by atoms with Crippen molar-refractivity contribution < 1.29 is 9.90 Å². The summed E-state index contributed by atoms with van der Waals surface area (Å²) in [5.74, 6) is -1.28. The van der Waals surface area contributed by atoms with Crippen LogP contribution in [0.3, 0.4) is 0 Å². The minimum atomic E-state index is -0.807. The first-order valence-corrected chi connectivity index (χ1v) is 6.70. The third kappa shape index (κ3) is 4.93. The second kappa shape index (κ2) is 6.42. The molecule has 0 amide bonds. The van der Waals surface area contributed by atoms with E-state index in [-0.39, 0.29) is 5.41 Å². The molecule has 0 saturated heterocycles. The fourth-order valence-corrected chi connectivity index (χ4v) is 2.12.